The highest BCUT2D eigenvalue weighted by Crippen LogP contribution is 2.24. The van der Waals surface area contributed by atoms with Crippen LogP contribution in [0, 0.1) is 12.3 Å². The lowest BCUT2D eigenvalue weighted by molar-refractivity contribution is 0.129. The van der Waals surface area contributed by atoms with Crippen molar-refractivity contribution >= 4 is 0 Å². The third kappa shape index (κ3) is 3.22. The van der Waals surface area contributed by atoms with E-state index in [0.717, 1.165) is 25.8 Å². The molecule has 1 fully saturated rings. The van der Waals surface area contributed by atoms with E-state index in [-0.39, 0.29) is 0 Å². The summed E-state index contributed by atoms with van der Waals surface area (Å²) in [6.07, 6.45) is 11.4. The van der Waals surface area contributed by atoms with E-state index >= 15 is 0 Å². The Balaban J connectivity index is 2.55. The van der Waals surface area contributed by atoms with E-state index in [4.69, 9.17) is 12.2 Å². The highest BCUT2D eigenvalue weighted by Gasteiger charge is 2.26. The van der Waals surface area contributed by atoms with E-state index < -0.39 is 0 Å². The zero-order valence-electron chi connectivity index (χ0n) is 10.1. The van der Waals surface area contributed by atoms with Gasteiger partial charge in [-0.25, -0.2) is 0 Å². The van der Waals surface area contributed by atoms with Gasteiger partial charge in [-0.3, -0.25) is 4.90 Å². The van der Waals surface area contributed by atoms with Crippen LogP contribution >= 0.6 is 0 Å². The smallest absolute Gasteiger partial charge is 0.0711 e. The molecule has 0 amide bonds. The highest BCUT2D eigenvalue weighted by atomic mass is 15.2. The molecular formula is C13H24N2. The Morgan fingerprint density at radius 3 is 2.33 bits per heavy atom. The molecule has 1 unspecified atom stereocenters. The van der Waals surface area contributed by atoms with Crippen molar-refractivity contribution in [1.29, 1.82) is 0 Å². The van der Waals surface area contributed by atoms with Crippen LogP contribution in [0.25, 0.3) is 0 Å². The summed E-state index contributed by atoms with van der Waals surface area (Å²) in [5.74, 6) is 2.91. The first kappa shape index (κ1) is 12.5. The zero-order valence-corrected chi connectivity index (χ0v) is 10.1. The first-order valence-corrected chi connectivity index (χ1v) is 6.20. The number of rotatable bonds is 4. The van der Waals surface area contributed by atoms with Crippen LogP contribution < -0.4 is 5.73 Å². The van der Waals surface area contributed by atoms with Gasteiger partial charge in [0, 0.05) is 12.1 Å². The van der Waals surface area contributed by atoms with Crippen molar-refractivity contribution in [3.05, 3.63) is 0 Å². The molecule has 0 saturated heterocycles. The predicted octanol–water partition coefficient (Wildman–Crippen LogP) is 1.99. The molecule has 86 valence electrons. The topological polar surface area (TPSA) is 29.3 Å². The molecule has 0 heterocycles. The van der Waals surface area contributed by atoms with Gasteiger partial charge in [-0.05, 0) is 38.6 Å². The van der Waals surface area contributed by atoms with Gasteiger partial charge in [-0.15, -0.1) is 6.42 Å². The maximum atomic E-state index is 5.92. The molecule has 15 heavy (non-hydrogen) atoms. The van der Waals surface area contributed by atoms with Crippen molar-refractivity contribution in [2.75, 3.05) is 6.54 Å². The Labute approximate surface area is 94.2 Å². The van der Waals surface area contributed by atoms with E-state index in [1.165, 1.54) is 12.8 Å². The minimum Gasteiger partial charge on any atom is -0.328 e. The first-order chi connectivity index (χ1) is 7.22. The minimum absolute atomic E-state index is 0.314. The molecule has 2 N–H and O–H groups in total. The third-order valence-electron chi connectivity index (χ3n) is 3.55. The van der Waals surface area contributed by atoms with Crippen molar-refractivity contribution in [1.82, 2.24) is 4.90 Å². The summed E-state index contributed by atoms with van der Waals surface area (Å²) in [5.41, 5.74) is 5.92. The molecular weight excluding hydrogens is 184 g/mol. The quantitative estimate of drug-likeness (QED) is 0.716. The van der Waals surface area contributed by atoms with Crippen LogP contribution in [-0.4, -0.2) is 29.6 Å². The Kier molecular flexibility index (Phi) is 5.14. The molecule has 1 aliphatic carbocycles. The first-order valence-electron chi connectivity index (χ1n) is 6.20. The van der Waals surface area contributed by atoms with Gasteiger partial charge < -0.3 is 5.73 Å². The SMILES string of the molecule is C#CC(CC)N(CC)C1CCC(N)CC1. The van der Waals surface area contributed by atoms with Crippen LogP contribution in [0.4, 0.5) is 0 Å². The van der Waals surface area contributed by atoms with E-state index in [2.05, 4.69) is 24.7 Å². The number of terminal acetylenes is 1. The van der Waals surface area contributed by atoms with Gasteiger partial charge in [0.2, 0.25) is 0 Å². The fourth-order valence-electron chi connectivity index (χ4n) is 2.61. The van der Waals surface area contributed by atoms with Gasteiger partial charge in [0.1, 0.15) is 0 Å². The fourth-order valence-corrected chi connectivity index (χ4v) is 2.61. The van der Waals surface area contributed by atoms with Gasteiger partial charge in [-0.1, -0.05) is 19.8 Å². The fraction of sp³-hybridized carbons (Fsp3) is 0.846. The summed E-state index contributed by atoms with van der Waals surface area (Å²) in [6.45, 7) is 5.43. The van der Waals surface area contributed by atoms with E-state index in [1.54, 1.807) is 0 Å². The van der Waals surface area contributed by atoms with Crippen LogP contribution in [0.1, 0.15) is 46.0 Å². The van der Waals surface area contributed by atoms with Gasteiger partial charge in [0.25, 0.3) is 0 Å². The lowest BCUT2D eigenvalue weighted by Gasteiger charge is -2.38. The maximum Gasteiger partial charge on any atom is 0.0711 e. The van der Waals surface area contributed by atoms with Crippen LogP contribution in [0.15, 0.2) is 0 Å². The normalized spacial score (nSPS) is 28.7. The summed E-state index contributed by atoms with van der Waals surface area (Å²) in [7, 11) is 0. The molecule has 1 atom stereocenters. The Morgan fingerprint density at radius 2 is 1.93 bits per heavy atom. The minimum atomic E-state index is 0.314. The van der Waals surface area contributed by atoms with Gasteiger partial charge >= 0.3 is 0 Å². The largest absolute Gasteiger partial charge is 0.328 e. The maximum absolute atomic E-state index is 5.92. The molecule has 1 aliphatic rings. The monoisotopic (exact) mass is 208 g/mol. The Hall–Kier alpha value is -0.520. The molecule has 0 aromatic heterocycles. The number of nitrogens with two attached hydrogens (primary N) is 1. The molecule has 0 bridgehead atoms. The molecule has 2 nitrogen and oxygen atoms in total. The Bertz CT molecular complexity index is 211. The zero-order chi connectivity index (χ0) is 11.3. The molecule has 1 rings (SSSR count). The van der Waals surface area contributed by atoms with Crippen molar-refractivity contribution in [2.45, 2.75) is 64.1 Å². The van der Waals surface area contributed by atoms with Gasteiger partial charge in [0.05, 0.1) is 6.04 Å². The van der Waals surface area contributed by atoms with E-state index in [1.807, 2.05) is 0 Å². The lowest BCUT2D eigenvalue weighted by Crippen LogP contribution is -2.45. The second-order valence-electron chi connectivity index (χ2n) is 4.49. The highest BCUT2D eigenvalue weighted by molar-refractivity contribution is 5.01. The van der Waals surface area contributed by atoms with Gasteiger partial charge in [0.15, 0.2) is 0 Å². The molecule has 0 aliphatic heterocycles. The average Bonchev–Trinajstić information content (AvgIpc) is 2.27. The van der Waals surface area contributed by atoms with Gasteiger partial charge in [-0.2, -0.15) is 0 Å². The van der Waals surface area contributed by atoms with Crippen LogP contribution in [-0.2, 0) is 0 Å². The molecule has 0 radical (unpaired) electrons. The number of hydrogen-bond donors (Lipinski definition) is 1. The summed E-state index contributed by atoms with van der Waals surface area (Å²) in [4.78, 5) is 2.48. The second-order valence-corrected chi connectivity index (χ2v) is 4.49. The summed E-state index contributed by atoms with van der Waals surface area (Å²) >= 11 is 0. The van der Waals surface area contributed by atoms with E-state index in [9.17, 15) is 0 Å². The number of nitrogens with zero attached hydrogens (tertiary/aromatic N) is 1. The predicted molar refractivity (Wildman–Crippen MR) is 65.5 cm³/mol. The average molecular weight is 208 g/mol. The van der Waals surface area contributed by atoms with Crippen molar-refractivity contribution in [3.8, 4) is 12.3 Å². The lowest BCUT2D eigenvalue weighted by atomic mass is 9.90. The molecule has 0 aromatic carbocycles. The molecule has 0 aromatic rings. The van der Waals surface area contributed by atoms with Crippen LogP contribution in [0.5, 0.6) is 0 Å². The molecule has 1 saturated carbocycles. The summed E-state index contributed by atoms with van der Waals surface area (Å²) in [6, 6.07) is 1.40. The standard InChI is InChI=1S/C13H24N2/c1-4-12(5-2)15(6-3)13-9-7-11(14)8-10-13/h1,11-13H,5-10,14H2,2-3H3. The Morgan fingerprint density at radius 1 is 1.33 bits per heavy atom. The van der Waals surface area contributed by atoms with Crippen molar-refractivity contribution < 1.29 is 0 Å². The van der Waals surface area contributed by atoms with Crippen LogP contribution in [0.3, 0.4) is 0 Å². The molecule has 0 spiro atoms. The van der Waals surface area contributed by atoms with Crippen LogP contribution in [0.2, 0.25) is 0 Å². The summed E-state index contributed by atoms with van der Waals surface area (Å²) in [5, 5.41) is 0. The summed E-state index contributed by atoms with van der Waals surface area (Å²) < 4.78 is 0. The third-order valence-corrected chi connectivity index (χ3v) is 3.55. The van der Waals surface area contributed by atoms with Crippen molar-refractivity contribution in [3.63, 3.8) is 0 Å². The molecule has 2 heteroatoms. The van der Waals surface area contributed by atoms with E-state index in [0.29, 0.717) is 18.1 Å². The second kappa shape index (κ2) is 6.15. The number of hydrogen-bond acceptors (Lipinski definition) is 2. The van der Waals surface area contributed by atoms with Crippen molar-refractivity contribution in [2.24, 2.45) is 5.73 Å².